The van der Waals surface area contributed by atoms with Gasteiger partial charge in [0.15, 0.2) is 0 Å². The molecule has 0 spiro atoms. The predicted molar refractivity (Wildman–Crippen MR) is 68.6 cm³/mol. The Labute approximate surface area is 154 Å². The minimum absolute atomic E-state index is 0. The summed E-state index contributed by atoms with van der Waals surface area (Å²) in [6.07, 6.45) is 4.44. The molecule has 0 bridgehead atoms. The fourth-order valence-corrected chi connectivity index (χ4v) is 2.26. The van der Waals surface area contributed by atoms with Crippen LogP contribution >= 0.6 is 12.6 Å². The molecule has 0 amide bonds. The quantitative estimate of drug-likeness (QED) is 0.466. The van der Waals surface area contributed by atoms with Gasteiger partial charge in [-0.3, -0.25) is 0 Å². The Morgan fingerprint density at radius 1 is 1.11 bits per heavy atom. The van der Waals surface area contributed by atoms with Crippen molar-refractivity contribution in [3.8, 4) is 12.3 Å². The van der Waals surface area contributed by atoms with Crippen LogP contribution in [-0.4, -0.2) is 6.98 Å². The summed E-state index contributed by atoms with van der Waals surface area (Å²) in [5, 5.41) is 0. The van der Waals surface area contributed by atoms with Crippen LogP contribution in [0.15, 0.2) is 4.90 Å². The van der Waals surface area contributed by atoms with Crippen LogP contribution in [0.3, 0.4) is 0 Å². The average molecular weight is 296 g/mol. The Balaban J connectivity index is 0.00000289. The van der Waals surface area contributed by atoms with E-state index in [4.69, 9.17) is 6.42 Å². The molecule has 1 aromatic rings. The van der Waals surface area contributed by atoms with Crippen molar-refractivity contribution < 1.29 is 64.3 Å². The second-order valence-corrected chi connectivity index (χ2v) is 4.58. The van der Waals surface area contributed by atoms with E-state index >= 15 is 0 Å². The Morgan fingerprint density at radius 2 is 1.61 bits per heavy atom. The number of hydrogen-bond donors (Lipinski definition) is 1. The van der Waals surface area contributed by atoms with Crippen LogP contribution in [0.2, 0.25) is 0 Å². The van der Waals surface area contributed by atoms with E-state index in [9.17, 15) is 12.9 Å². The van der Waals surface area contributed by atoms with Gasteiger partial charge >= 0.3 is 58.4 Å². The Kier molecular flexibility index (Phi) is 7.11. The van der Waals surface area contributed by atoms with E-state index in [1.165, 1.54) is 0 Å². The van der Waals surface area contributed by atoms with Gasteiger partial charge in [0.05, 0.1) is 0 Å². The van der Waals surface area contributed by atoms with Gasteiger partial charge in [0.2, 0.25) is 0 Å². The molecule has 92 valence electrons. The van der Waals surface area contributed by atoms with Crippen molar-refractivity contribution in [3.05, 3.63) is 27.8 Å². The van der Waals surface area contributed by atoms with Crippen LogP contribution in [0.4, 0.5) is 12.9 Å². The summed E-state index contributed by atoms with van der Waals surface area (Å²) in [5.74, 6) is 2.45. The van der Waals surface area contributed by atoms with Crippen LogP contribution in [-0.2, 0) is 6.32 Å². The maximum atomic E-state index is 12.6. The summed E-state index contributed by atoms with van der Waals surface area (Å²) in [6.45, 7) is 0.200. The number of thiol groups is 1. The first kappa shape index (κ1) is 18.6. The standard InChI is InChI=1S/C12H13BF3S.K/c1-5-10-7(2)11(6-13(14,15)16)9(4)12(17)8(10)3;/h1,17H,6H2,2-4H3;/q-1;+1. The number of terminal acetylenes is 1. The minimum atomic E-state index is -4.87. The summed E-state index contributed by atoms with van der Waals surface area (Å²) < 4.78 is 37.7. The molecule has 1 aromatic carbocycles. The van der Waals surface area contributed by atoms with E-state index in [0.717, 1.165) is 5.56 Å². The van der Waals surface area contributed by atoms with Crippen LogP contribution in [0.25, 0.3) is 0 Å². The van der Waals surface area contributed by atoms with E-state index in [1.54, 1.807) is 20.8 Å². The Hall–Kier alpha value is 0.621. The van der Waals surface area contributed by atoms with Crippen LogP contribution in [0.1, 0.15) is 27.8 Å². The van der Waals surface area contributed by atoms with E-state index < -0.39 is 13.3 Å². The summed E-state index contributed by atoms with van der Waals surface area (Å²) in [5.41, 5.74) is 2.67. The molecule has 0 aromatic heterocycles. The third-order valence-electron chi connectivity index (χ3n) is 2.95. The van der Waals surface area contributed by atoms with Crippen molar-refractivity contribution in [2.24, 2.45) is 0 Å². The van der Waals surface area contributed by atoms with E-state index in [2.05, 4.69) is 18.5 Å². The smallest absolute Gasteiger partial charge is 0.449 e. The largest absolute Gasteiger partial charge is 1.00 e. The zero-order valence-electron chi connectivity index (χ0n) is 10.9. The van der Waals surface area contributed by atoms with Crippen molar-refractivity contribution >= 4 is 19.6 Å². The molecule has 1 rings (SSSR count). The molecule has 0 saturated heterocycles. The molecule has 0 unspecified atom stereocenters. The van der Waals surface area contributed by atoms with E-state index in [0.29, 0.717) is 21.6 Å². The second kappa shape index (κ2) is 6.87. The fourth-order valence-electron chi connectivity index (χ4n) is 2.01. The summed E-state index contributed by atoms with van der Waals surface area (Å²) in [4.78, 5) is 0.554. The molecule has 0 heterocycles. The number of halogens is 3. The zero-order chi connectivity index (χ0) is 13.4. The molecule has 0 N–H and O–H groups in total. The monoisotopic (exact) mass is 296 g/mol. The van der Waals surface area contributed by atoms with Crippen molar-refractivity contribution in [1.29, 1.82) is 0 Å². The molecule has 0 aliphatic carbocycles. The minimum Gasteiger partial charge on any atom is -0.449 e. The topological polar surface area (TPSA) is 0 Å². The molecule has 0 saturated carbocycles. The zero-order valence-corrected chi connectivity index (χ0v) is 15.0. The van der Waals surface area contributed by atoms with Gasteiger partial charge in [-0.1, -0.05) is 17.8 Å². The fraction of sp³-hybridized carbons (Fsp3) is 0.333. The van der Waals surface area contributed by atoms with Gasteiger partial charge in [0, 0.05) is 10.5 Å². The van der Waals surface area contributed by atoms with E-state index in [1.807, 2.05) is 0 Å². The first-order chi connectivity index (χ1) is 7.69. The van der Waals surface area contributed by atoms with Crippen LogP contribution in [0, 0.1) is 33.1 Å². The van der Waals surface area contributed by atoms with Crippen LogP contribution < -0.4 is 51.4 Å². The molecule has 18 heavy (non-hydrogen) atoms. The summed E-state index contributed by atoms with van der Waals surface area (Å²) in [7, 11) is 0. The average Bonchev–Trinajstić information content (AvgIpc) is 2.21. The molecule has 0 aliphatic rings. The van der Waals surface area contributed by atoms with Gasteiger partial charge in [-0.25, -0.2) is 0 Å². The molecular weight excluding hydrogens is 283 g/mol. The van der Waals surface area contributed by atoms with Gasteiger partial charge < -0.3 is 12.9 Å². The van der Waals surface area contributed by atoms with Gasteiger partial charge in [-0.2, -0.15) is 0 Å². The van der Waals surface area contributed by atoms with Crippen molar-refractivity contribution in [2.45, 2.75) is 32.0 Å². The SMILES string of the molecule is C#Cc1c(C)c(S)c(C)c(C[B-](F)(F)F)c1C.[K+]. The molecule has 0 atom stereocenters. The maximum absolute atomic E-state index is 12.6. The number of hydrogen-bond acceptors (Lipinski definition) is 1. The Bertz CT molecular complexity index is 504. The number of rotatable bonds is 2. The maximum Gasteiger partial charge on any atom is 1.00 e. The predicted octanol–water partition coefficient (Wildman–Crippen LogP) is 0.815. The van der Waals surface area contributed by atoms with Gasteiger partial charge in [-0.15, -0.1) is 19.1 Å². The van der Waals surface area contributed by atoms with Gasteiger partial charge in [0.25, 0.3) is 0 Å². The molecule has 0 radical (unpaired) electrons. The third-order valence-corrected chi connectivity index (χ3v) is 3.62. The third kappa shape index (κ3) is 4.06. The molecular formula is C12H13BF3KS. The van der Waals surface area contributed by atoms with Gasteiger partial charge in [-0.05, 0) is 37.5 Å². The van der Waals surface area contributed by atoms with E-state index in [-0.39, 0.29) is 56.9 Å². The summed E-state index contributed by atoms with van der Waals surface area (Å²) >= 11 is 4.25. The second-order valence-electron chi connectivity index (χ2n) is 4.14. The number of benzene rings is 1. The normalized spacial score (nSPS) is 10.8. The first-order valence-corrected chi connectivity index (χ1v) is 5.63. The molecule has 0 aliphatic heterocycles. The molecule has 6 heteroatoms. The first-order valence-electron chi connectivity index (χ1n) is 5.18. The van der Waals surface area contributed by atoms with Crippen molar-refractivity contribution in [1.82, 2.24) is 0 Å². The summed E-state index contributed by atoms with van der Waals surface area (Å²) in [6, 6.07) is 0. The van der Waals surface area contributed by atoms with Crippen molar-refractivity contribution in [2.75, 3.05) is 0 Å². The van der Waals surface area contributed by atoms with Crippen LogP contribution in [0.5, 0.6) is 0 Å². The Morgan fingerprint density at radius 3 is 2.00 bits per heavy atom. The molecule has 0 nitrogen and oxygen atoms in total. The van der Waals surface area contributed by atoms with Crippen molar-refractivity contribution in [3.63, 3.8) is 0 Å². The van der Waals surface area contributed by atoms with Gasteiger partial charge in [0.1, 0.15) is 0 Å². The molecule has 0 fully saturated rings.